The fourth-order valence-electron chi connectivity index (χ4n) is 2.14. The largest absolute Gasteiger partial charge is 0.493 e. The second-order valence-electron chi connectivity index (χ2n) is 5.11. The lowest BCUT2D eigenvalue weighted by Gasteiger charge is -2.29. The van der Waals surface area contributed by atoms with Crippen molar-refractivity contribution in [3.8, 4) is 11.8 Å². The highest BCUT2D eigenvalue weighted by molar-refractivity contribution is 5.40. The molecule has 1 heterocycles. The highest BCUT2D eigenvalue weighted by Crippen LogP contribution is 2.37. The summed E-state index contributed by atoms with van der Waals surface area (Å²) in [6, 6.07) is 7.80. The van der Waals surface area contributed by atoms with E-state index in [9.17, 15) is 5.11 Å². The van der Waals surface area contributed by atoms with Crippen molar-refractivity contribution in [1.82, 2.24) is 0 Å². The van der Waals surface area contributed by atoms with E-state index in [1.54, 1.807) is 0 Å². The molecule has 102 valence electrons. The number of hydrogen-bond donors (Lipinski definition) is 1. The molecule has 0 saturated carbocycles. The summed E-state index contributed by atoms with van der Waals surface area (Å²) in [6.45, 7) is 4.88. The maximum Gasteiger partial charge on any atom is 0.125 e. The van der Waals surface area contributed by atoms with Crippen molar-refractivity contribution >= 4 is 0 Å². The first-order chi connectivity index (χ1) is 9.11. The van der Waals surface area contributed by atoms with E-state index >= 15 is 0 Å². The number of aliphatic hydroxyl groups is 1. The Kier molecular flexibility index (Phi) is 4.41. The SMILES string of the molecule is CC(C)OCc1ccc2c(c1)[C@@H](O)[C@@H](CC#N)CO2. The van der Waals surface area contributed by atoms with Crippen molar-refractivity contribution < 1.29 is 14.6 Å². The van der Waals surface area contributed by atoms with Gasteiger partial charge in [0.15, 0.2) is 0 Å². The van der Waals surface area contributed by atoms with Gasteiger partial charge >= 0.3 is 0 Å². The van der Waals surface area contributed by atoms with Crippen LogP contribution in [0.25, 0.3) is 0 Å². The molecule has 2 rings (SSSR count). The first-order valence-electron chi connectivity index (χ1n) is 6.54. The summed E-state index contributed by atoms with van der Waals surface area (Å²) in [7, 11) is 0. The Hall–Kier alpha value is -1.57. The number of benzene rings is 1. The van der Waals surface area contributed by atoms with E-state index in [0.717, 1.165) is 11.1 Å². The van der Waals surface area contributed by atoms with E-state index in [-0.39, 0.29) is 12.0 Å². The Morgan fingerprint density at radius 1 is 1.53 bits per heavy atom. The zero-order valence-corrected chi connectivity index (χ0v) is 11.3. The highest BCUT2D eigenvalue weighted by Gasteiger charge is 2.29. The quantitative estimate of drug-likeness (QED) is 0.904. The molecule has 0 saturated heterocycles. The fraction of sp³-hybridized carbons (Fsp3) is 0.533. The van der Waals surface area contributed by atoms with Gasteiger partial charge in [0.25, 0.3) is 0 Å². The maximum absolute atomic E-state index is 10.3. The van der Waals surface area contributed by atoms with Crippen LogP contribution in [0.15, 0.2) is 18.2 Å². The molecule has 4 heteroatoms. The van der Waals surface area contributed by atoms with Gasteiger partial charge in [-0.3, -0.25) is 0 Å². The van der Waals surface area contributed by atoms with Crippen LogP contribution < -0.4 is 4.74 Å². The number of ether oxygens (including phenoxy) is 2. The summed E-state index contributed by atoms with van der Waals surface area (Å²) < 4.78 is 11.1. The van der Waals surface area contributed by atoms with E-state index < -0.39 is 6.10 Å². The second kappa shape index (κ2) is 6.05. The van der Waals surface area contributed by atoms with Gasteiger partial charge < -0.3 is 14.6 Å². The van der Waals surface area contributed by atoms with E-state index in [2.05, 4.69) is 6.07 Å². The van der Waals surface area contributed by atoms with Crippen LogP contribution in [0, 0.1) is 17.2 Å². The van der Waals surface area contributed by atoms with Crippen molar-refractivity contribution in [2.75, 3.05) is 6.61 Å². The minimum Gasteiger partial charge on any atom is -0.493 e. The molecule has 0 amide bonds. The summed E-state index contributed by atoms with van der Waals surface area (Å²) in [5.74, 6) is 0.550. The van der Waals surface area contributed by atoms with E-state index in [1.807, 2.05) is 32.0 Å². The summed E-state index contributed by atoms with van der Waals surface area (Å²) >= 11 is 0. The van der Waals surface area contributed by atoms with Crippen LogP contribution in [0.3, 0.4) is 0 Å². The van der Waals surface area contributed by atoms with Crippen LogP contribution >= 0.6 is 0 Å². The van der Waals surface area contributed by atoms with Crippen LogP contribution in [-0.4, -0.2) is 17.8 Å². The summed E-state index contributed by atoms with van der Waals surface area (Å²) in [6.07, 6.45) is -0.168. The third-order valence-electron chi connectivity index (χ3n) is 3.23. The van der Waals surface area contributed by atoms with Crippen LogP contribution in [0.5, 0.6) is 5.75 Å². The Morgan fingerprint density at radius 2 is 2.32 bits per heavy atom. The van der Waals surface area contributed by atoms with Crippen molar-refractivity contribution in [2.45, 2.75) is 39.1 Å². The number of nitriles is 1. The average Bonchev–Trinajstić information content (AvgIpc) is 2.40. The zero-order chi connectivity index (χ0) is 13.8. The van der Waals surface area contributed by atoms with Gasteiger partial charge in [0.05, 0.1) is 31.5 Å². The van der Waals surface area contributed by atoms with Gasteiger partial charge in [0, 0.05) is 17.9 Å². The molecule has 19 heavy (non-hydrogen) atoms. The molecule has 0 unspecified atom stereocenters. The lowest BCUT2D eigenvalue weighted by Crippen LogP contribution is -2.25. The van der Waals surface area contributed by atoms with Crippen LogP contribution in [0.1, 0.15) is 37.5 Å². The monoisotopic (exact) mass is 261 g/mol. The molecule has 1 aliphatic heterocycles. The normalized spacial score (nSPS) is 21.6. The third-order valence-corrected chi connectivity index (χ3v) is 3.23. The van der Waals surface area contributed by atoms with Crippen molar-refractivity contribution in [3.05, 3.63) is 29.3 Å². The third kappa shape index (κ3) is 3.25. The molecule has 1 aromatic rings. The Balaban J connectivity index is 2.16. The van der Waals surface area contributed by atoms with Gasteiger partial charge in [-0.25, -0.2) is 0 Å². The Bertz CT molecular complexity index is 479. The molecule has 0 spiro atoms. The number of nitrogens with zero attached hydrogens (tertiary/aromatic N) is 1. The molecular formula is C15H19NO3. The summed E-state index contributed by atoms with van der Waals surface area (Å²) in [4.78, 5) is 0. The summed E-state index contributed by atoms with van der Waals surface area (Å²) in [5, 5.41) is 19.0. The van der Waals surface area contributed by atoms with Crippen molar-refractivity contribution in [2.24, 2.45) is 5.92 Å². The zero-order valence-electron chi connectivity index (χ0n) is 11.3. The van der Waals surface area contributed by atoms with Crippen LogP contribution in [-0.2, 0) is 11.3 Å². The molecule has 0 bridgehead atoms. The lowest BCUT2D eigenvalue weighted by molar-refractivity contribution is 0.0512. The molecule has 0 aromatic heterocycles. The second-order valence-corrected chi connectivity index (χ2v) is 5.11. The molecule has 1 aromatic carbocycles. The highest BCUT2D eigenvalue weighted by atomic mass is 16.5. The smallest absolute Gasteiger partial charge is 0.125 e. The van der Waals surface area contributed by atoms with Gasteiger partial charge in [-0.2, -0.15) is 5.26 Å². The van der Waals surface area contributed by atoms with Gasteiger partial charge in [-0.05, 0) is 31.5 Å². The predicted molar refractivity (Wildman–Crippen MR) is 70.5 cm³/mol. The minimum absolute atomic E-state index is 0.154. The van der Waals surface area contributed by atoms with E-state index in [1.165, 1.54) is 0 Å². The van der Waals surface area contributed by atoms with E-state index in [0.29, 0.717) is 25.4 Å². The first kappa shape index (κ1) is 13.9. The first-order valence-corrected chi connectivity index (χ1v) is 6.54. The minimum atomic E-state index is -0.637. The van der Waals surface area contributed by atoms with Gasteiger partial charge in [0.1, 0.15) is 5.75 Å². The molecule has 0 fully saturated rings. The Labute approximate surface area is 113 Å². The lowest BCUT2D eigenvalue weighted by atomic mass is 9.90. The number of fused-ring (bicyclic) bond motifs is 1. The topological polar surface area (TPSA) is 62.5 Å². The van der Waals surface area contributed by atoms with Crippen molar-refractivity contribution in [3.63, 3.8) is 0 Å². The average molecular weight is 261 g/mol. The molecule has 2 atom stereocenters. The molecule has 0 aliphatic carbocycles. The van der Waals surface area contributed by atoms with Gasteiger partial charge in [0.2, 0.25) is 0 Å². The molecule has 1 N–H and O–H groups in total. The van der Waals surface area contributed by atoms with Crippen molar-refractivity contribution in [1.29, 1.82) is 5.26 Å². The number of aliphatic hydroxyl groups excluding tert-OH is 1. The Morgan fingerprint density at radius 3 is 3.00 bits per heavy atom. The van der Waals surface area contributed by atoms with Gasteiger partial charge in [-0.15, -0.1) is 0 Å². The standard InChI is InChI=1S/C15H19NO3/c1-10(2)18-8-11-3-4-14-13(7-11)15(17)12(5-6-16)9-19-14/h3-4,7,10,12,15,17H,5,8-9H2,1-2H3/t12-,15-/m0/s1. The number of rotatable bonds is 4. The number of hydrogen-bond acceptors (Lipinski definition) is 4. The molecule has 1 aliphatic rings. The van der Waals surface area contributed by atoms with Crippen LogP contribution in [0.2, 0.25) is 0 Å². The molecule has 4 nitrogen and oxygen atoms in total. The van der Waals surface area contributed by atoms with E-state index in [4.69, 9.17) is 14.7 Å². The molecular weight excluding hydrogens is 242 g/mol. The maximum atomic E-state index is 10.3. The van der Waals surface area contributed by atoms with Crippen LogP contribution in [0.4, 0.5) is 0 Å². The van der Waals surface area contributed by atoms with Gasteiger partial charge in [-0.1, -0.05) is 6.07 Å². The summed E-state index contributed by atoms with van der Waals surface area (Å²) in [5.41, 5.74) is 1.77. The fourth-order valence-corrected chi connectivity index (χ4v) is 2.14. The predicted octanol–water partition coefficient (Wildman–Crippen LogP) is 2.57. The molecule has 0 radical (unpaired) electrons.